The average molecular weight is 300 g/mol. The van der Waals surface area contributed by atoms with E-state index in [1.165, 1.54) is 12.1 Å². The van der Waals surface area contributed by atoms with Gasteiger partial charge in [0, 0.05) is 6.54 Å². The summed E-state index contributed by atoms with van der Waals surface area (Å²) in [5.41, 5.74) is 0.0715. The van der Waals surface area contributed by atoms with Crippen molar-refractivity contribution >= 4 is 21.9 Å². The molecule has 1 fully saturated rings. The molecule has 2 N–H and O–H groups in total. The number of aliphatic carboxylic acids is 1. The number of piperidine rings is 1. The standard InChI is InChI=1S/C12H16N2O5S/c15-12(16)11-8-4-5-9-13(11)20(18,19)14(17)10-6-2-1-3-7-10/h1-3,6-7,11,17H,4-5,8-9H2,(H,15,16). The molecule has 0 aromatic heterocycles. The second kappa shape index (κ2) is 5.78. The third kappa shape index (κ3) is 2.77. The SMILES string of the molecule is O=C(O)C1CCCCN1S(=O)(=O)N(O)c1ccccc1. The van der Waals surface area contributed by atoms with Crippen LogP contribution < -0.4 is 4.47 Å². The second-order valence-corrected chi connectivity index (χ2v) is 6.26. The molecule has 0 aliphatic carbocycles. The zero-order valence-corrected chi connectivity index (χ0v) is 11.5. The first-order valence-electron chi connectivity index (χ1n) is 6.23. The van der Waals surface area contributed by atoms with E-state index in [1.54, 1.807) is 18.2 Å². The Bertz CT molecular complexity index is 575. The maximum absolute atomic E-state index is 12.3. The summed E-state index contributed by atoms with van der Waals surface area (Å²) in [6.07, 6.45) is 1.47. The zero-order valence-electron chi connectivity index (χ0n) is 10.7. The molecule has 20 heavy (non-hydrogen) atoms. The van der Waals surface area contributed by atoms with Crippen LogP contribution in [0.5, 0.6) is 0 Å². The lowest BCUT2D eigenvalue weighted by Crippen LogP contribution is -2.52. The minimum atomic E-state index is -4.27. The van der Waals surface area contributed by atoms with E-state index in [1.807, 2.05) is 0 Å². The lowest BCUT2D eigenvalue weighted by Gasteiger charge is -2.34. The molecule has 7 nitrogen and oxygen atoms in total. The molecule has 0 amide bonds. The van der Waals surface area contributed by atoms with Gasteiger partial charge in [-0.3, -0.25) is 10.0 Å². The van der Waals surface area contributed by atoms with Crippen molar-refractivity contribution in [2.45, 2.75) is 25.3 Å². The van der Waals surface area contributed by atoms with Crippen LogP contribution in [0.3, 0.4) is 0 Å². The van der Waals surface area contributed by atoms with Crippen LogP contribution in [-0.4, -0.2) is 41.6 Å². The smallest absolute Gasteiger partial charge is 0.327 e. The highest BCUT2D eigenvalue weighted by molar-refractivity contribution is 7.90. The molecule has 0 radical (unpaired) electrons. The van der Waals surface area contributed by atoms with E-state index in [0.717, 1.165) is 4.31 Å². The van der Waals surface area contributed by atoms with Gasteiger partial charge in [0.1, 0.15) is 6.04 Å². The summed E-state index contributed by atoms with van der Waals surface area (Å²) in [5.74, 6) is -1.20. The molecule has 1 aliphatic rings. The van der Waals surface area contributed by atoms with Gasteiger partial charge in [-0.2, -0.15) is 12.7 Å². The number of anilines is 1. The molecular formula is C12H16N2O5S. The largest absolute Gasteiger partial charge is 0.480 e. The maximum atomic E-state index is 12.3. The Balaban J connectivity index is 2.31. The number of carboxylic acids is 1. The van der Waals surface area contributed by atoms with Gasteiger partial charge in [-0.1, -0.05) is 18.2 Å². The van der Waals surface area contributed by atoms with E-state index < -0.39 is 22.2 Å². The number of benzene rings is 1. The van der Waals surface area contributed by atoms with Crippen molar-refractivity contribution in [1.82, 2.24) is 4.31 Å². The minimum absolute atomic E-state index is 0.0715. The molecule has 0 spiro atoms. The third-order valence-electron chi connectivity index (χ3n) is 3.23. The molecule has 0 saturated carbocycles. The summed E-state index contributed by atoms with van der Waals surface area (Å²) in [6.45, 7) is 0.0865. The Morgan fingerprint density at radius 3 is 2.50 bits per heavy atom. The van der Waals surface area contributed by atoms with Crippen LogP contribution in [0.4, 0.5) is 5.69 Å². The first-order valence-corrected chi connectivity index (χ1v) is 7.63. The highest BCUT2D eigenvalue weighted by Gasteiger charge is 2.40. The van der Waals surface area contributed by atoms with Gasteiger partial charge in [0.05, 0.1) is 5.69 Å². The molecular weight excluding hydrogens is 284 g/mol. The summed E-state index contributed by atoms with van der Waals surface area (Å²) in [4.78, 5) is 11.2. The second-order valence-electron chi connectivity index (χ2n) is 4.55. The molecule has 1 aliphatic heterocycles. The topological polar surface area (TPSA) is 98.2 Å². The monoisotopic (exact) mass is 300 g/mol. The van der Waals surface area contributed by atoms with E-state index in [4.69, 9.17) is 5.11 Å². The Labute approximate surface area is 117 Å². The number of carboxylic acid groups (broad SMARTS) is 1. The van der Waals surface area contributed by atoms with E-state index in [2.05, 4.69) is 0 Å². The van der Waals surface area contributed by atoms with Crippen LogP contribution in [0.1, 0.15) is 19.3 Å². The van der Waals surface area contributed by atoms with Crippen molar-refractivity contribution < 1.29 is 23.5 Å². The van der Waals surface area contributed by atoms with E-state index in [9.17, 15) is 18.4 Å². The number of para-hydroxylation sites is 1. The van der Waals surface area contributed by atoms with Gasteiger partial charge in [-0.15, -0.1) is 4.47 Å². The van der Waals surface area contributed by atoms with Crippen LogP contribution in [-0.2, 0) is 15.0 Å². The molecule has 1 saturated heterocycles. The summed E-state index contributed by atoms with van der Waals surface area (Å²) in [5, 5.41) is 19.0. The number of rotatable bonds is 4. The predicted molar refractivity (Wildman–Crippen MR) is 71.6 cm³/mol. The molecule has 1 atom stereocenters. The number of nitrogens with zero attached hydrogens (tertiary/aromatic N) is 2. The lowest BCUT2D eigenvalue weighted by molar-refractivity contribution is -0.142. The van der Waals surface area contributed by atoms with Crippen LogP contribution in [0.2, 0.25) is 0 Å². The van der Waals surface area contributed by atoms with Crippen molar-refractivity contribution in [3.8, 4) is 0 Å². The van der Waals surface area contributed by atoms with Gasteiger partial charge in [0.2, 0.25) is 0 Å². The minimum Gasteiger partial charge on any atom is -0.480 e. The number of hydrogen-bond acceptors (Lipinski definition) is 4. The normalized spacial score (nSPS) is 20.6. The molecule has 1 heterocycles. The van der Waals surface area contributed by atoms with Crippen LogP contribution >= 0.6 is 0 Å². The summed E-state index contributed by atoms with van der Waals surface area (Å²) < 4.78 is 25.7. The van der Waals surface area contributed by atoms with Gasteiger partial charge < -0.3 is 5.11 Å². The summed E-state index contributed by atoms with van der Waals surface area (Å²) in [6, 6.07) is 6.57. The van der Waals surface area contributed by atoms with Gasteiger partial charge in [0.25, 0.3) is 0 Å². The molecule has 1 unspecified atom stereocenters. The first kappa shape index (κ1) is 14.8. The maximum Gasteiger partial charge on any atom is 0.327 e. The molecule has 110 valence electrons. The molecule has 1 aromatic rings. The summed E-state index contributed by atoms with van der Waals surface area (Å²) in [7, 11) is -4.27. The Kier molecular flexibility index (Phi) is 4.26. The van der Waals surface area contributed by atoms with Gasteiger partial charge in [-0.05, 0) is 31.4 Å². The van der Waals surface area contributed by atoms with Crippen molar-refractivity contribution in [2.24, 2.45) is 0 Å². The van der Waals surface area contributed by atoms with E-state index in [0.29, 0.717) is 12.8 Å². The fourth-order valence-electron chi connectivity index (χ4n) is 2.22. The van der Waals surface area contributed by atoms with Crippen LogP contribution in [0.25, 0.3) is 0 Å². The number of hydrogen-bond donors (Lipinski definition) is 2. The van der Waals surface area contributed by atoms with Crippen LogP contribution in [0, 0.1) is 0 Å². The van der Waals surface area contributed by atoms with E-state index in [-0.39, 0.29) is 23.1 Å². The van der Waals surface area contributed by atoms with Crippen LogP contribution in [0.15, 0.2) is 30.3 Å². The highest BCUT2D eigenvalue weighted by atomic mass is 32.2. The van der Waals surface area contributed by atoms with Crippen molar-refractivity contribution in [2.75, 3.05) is 11.0 Å². The Hall–Kier alpha value is -1.64. The molecule has 0 bridgehead atoms. The van der Waals surface area contributed by atoms with E-state index >= 15 is 0 Å². The average Bonchev–Trinajstić information content (AvgIpc) is 2.47. The fraction of sp³-hybridized carbons (Fsp3) is 0.417. The first-order chi connectivity index (χ1) is 9.44. The summed E-state index contributed by atoms with van der Waals surface area (Å²) >= 11 is 0. The lowest BCUT2D eigenvalue weighted by atomic mass is 10.1. The highest BCUT2D eigenvalue weighted by Crippen LogP contribution is 2.25. The predicted octanol–water partition coefficient (Wildman–Crippen LogP) is 1.07. The molecule has 2 rings (SSSR count). The fourth-order valence-corrected chi connectivity index (χ4v) is 3.68. The van der Waals surface area contributed by atoms with Gasteiger partial charge in [-0.25, -0.2) is 0 Å². The van der Waals surface area contributed by atoms with Crippen molar-refractivity contribution in [3.63, 3.8) is 0 Å². The zero-order chi connectivity index (χ0) is 14.8. The van der Waals surface area contributed by atoms with Gasteiger partial charge >= 0.3 is 16.2 Å². The van der Waals surface area contributed by atoms with Gasteiger partial charge in [0.15, 0.2) is 0 Å². The van der Waals surface area contributed by atoms with Crippen molar-refractivity contribution in [1.29, 1.82) is 0 Å². The van der Waals surface area contributed by atoms with Crippen molar-refractivity contribution in [3.05, 3.63) is 30.3 Å². The third-order valence-corrected chi connectivity index (χ3v) is 4.91. The quantitative estimate of drug-likeness (QED) is 0.810. The molecule has 1 aromatic carbocycles. The number of carbonyl (C=O) groups is 1. The Morgan fingerprint density at radius 1 is 1.25 bits per heavy atom. The Morgan fingerprint density at radius 2 is 1.90 bits per heavy atom. The molecule has 8 heteroatoms.